The lowest BCUT2D eigenvalue weighted by Gasteiger charge is -2.31. The molecule has 1 atom stereocenters. The van der Waals surface area contributed by atoms with Crippen LogP contribution in [0.4, 0.5) is 16.4 Å². The first kappa shape index (κ1) is 25.5. The molecular formula is C29H29N7O4. The number of rotatable bonds is 7. The molecule has 0 spiro atoms. The van der Waals surface area contributed by atoms with Crippen LogP contribution in [0.5, 0.6) is 11.6 Å². The summed E-state index contributed by atoms with van der Waals surface area (Å²) in [5, 5.41) is 25.7. The summed E-state index contributed by atoms with van der Waals surface area (Å²) in [4.78, 5) is 34.3. The number of nitrogens with zero attached hydrogens (tertiary/aromatic N) is 5. The summed E-state index contributed by atoms with van der Waals surface area (Å²) >= 11 is 0. The van der Waals surface area contributed by atoms with E-state index in [4.69, 9.17) is 4.74 Å². The third kappa shape index (κ3) is 5.35. The number of fused-ring (bicyclic) bond motifs is 1. The van der Waals surface area contributed by atoms with Gasteiger partial charge in [0.05, 0.1) is 17.5 Å². The second kappa shape index (κ2) is 10.8. The number of aromatic nitrogens is 4. The van der Waals surface area contributed by atoms with Crippen molar-refractivity contribution in [2.24, 2.45) is 5.92 Å². The maximum atomic E-state index is 12.5. The molecule has 11 heteroatoms. The van der Waals surface area contributed by atoms with E-state index in [1.807, 2.05) is 37.3 Å². The molecule has 3 heterocycles. The summed E-state index contributed by atoms with van der Waals surface area (Å²) in [5.74, 6) is 1.44. The molecule has 1 aliphatic carbocycles. The van der Waals surface area contributed by atoms with Gasteiger partial charge in [-0.15, -0.1) is 5.10 Å². The van der Waals surface area contributed by atoms with Crippen LogP contribution in [0.2, 0.25) is 0 Å². The van der Waals surface area contributed by atoms with Gasteiger partial charge in [-0.1, -0.05) is 24.3 Å². The number of piperidine rings is 1. The Balaban J connectivity index is 1.29. The molecular weight excluding hydrogens is 510 g/mol. The van der Waals surface area contributed by atoms with Crippen LogP contribution in [0.1, 0.15) is 31.2 Å². The second-order valence-electron chi connectivity index (χ2n) is 10.2. The molecule has 2 aromatic heterocycles. The van der Waals surface area contributed by atoms with Crippen molar-refractivity contribution in [2.75, 3.05) is 23.7 Å². The molecule has 4 aromatic rings. The van der Waals surface area contributed by atoms with E-state index in [0.717, 1.165) is 47.7 Å². The molecule has 2 aromatic carbocycles. The monoisotopic (exact) mass is 539 g/mol. The Hall–Kier alpha value is -4.80. The van der Waals surface area contributed by atoms with Crippen LogP contribution in [-0.4, -0.2) is 61.3 Å². The van der Waals surface area contributed by atoms with Gasteiger partial charge in [-0.2, -0.15) is 5.10 Å². The number of carbonyl (C=O) groups excluding carboxylic acids is 1. The number of anilines is 2. The van der Waals surface area contributed by atoms with Crippen LogP contribution in [0.25, 0.3) is 22.0 Å². The van der Waals surface area contributed by atoms with E-state index in [2.05, 4.69) is 30.8 Å². The smallest absolute Gasteiger partial charge is 0.407 e. The normalized spacial score (nSPS) is 16.9. The van der Waals surface area contributed by atoms with Crippen molar-refractivity contribution >= 4 is 34.4 Å². The Morgan fingerprint density at radius 2 is 1.93 bits per heavy atom. The molecule has 0 unspecified atom stereocenters. The number of hydrogen-bond acceptors (Lipinski definition) is 8. The zero-order valence-corrected chi connectivity index (χ0v) is 22.0. The third-order valence-electron chi connectivity index (χ3n) is 7.26. The number of amides is 2. The van der Waals surface area contributed by atoms with Crippen molar-refractivity contribution in [3.05, 3.63) is 60.4 Å². The molecule has 2 aliphatic rings. The summed E-state index contributed by atoms with van der Waals surface area (Å²) in [6, 6.07) is 13.1. The molecule has 6 rings (SSSR count). The number of aryl methyl sites for hydroxylation is 1. The Kier molecular flexibility index (Phi) is 6.85. The number of hydrogen-bond donors (Lipinski definition) is 3. The van der Waals surface area contributed by atoms with E-state index in [1.165, 1.54) is 4.90 Å². The number of benzene rings is 2. The van der Waals surface area contributed by atoms with Crippen molar-refractivity contribution in [1.82, 2.24) is 25.1 Å². The number of ether oxygens (including phenoxy) is 1. The predicted molar refractivity (Wildman–Crippen MR) is 149 cm³/mol. The molecule has 40 heavy (non-hydrogen) atoms. The van der Waals surface area contributed by atoms with Gasteiger partial charge in [0, 0.05) is 47.7 Å². The molecule has 1 saturated heterocycles. The Morgan fingerprint density at radius 1 is 1.05 bits per heavy atom. The van der Waals surface area contributed by atoms with Crippen molar-refractivity contribution < 1.29 is 19.4 Å². The first-order valence-corrected chi connectivity index (χ1v) is 13.4. The molecule has 2 fully saturated rings. The van der Waals surface area contributed by atoms with Crippen LogP contribution in [0, 0.1) is 12.8 Å². The van der Waals surface area contributed by atoms with Gasteiger partial charge in [-0.3, -0.25) is 4.79 Å². The average Bonchev–Trinajstić information content (AvgIpc) is 3.81. The molecule has 1 aliphatic heterocycles. The first-order chi connectivity index (χ1) is 19.5. The lowest BCUT2D eigenvalue weighted by atomic mass is 10.0. The third-order valence-corrected chi connectivity index (χ3v) is 7.26. The summed E-state index contributed by atoms with van der Waals surface area (Å²) in [6.45, 7) is 2.86. The highest BCUT2D eigenvalue weighted by Crippen LogP contribution is 2.39. The maximum absolute atomic E-state index is 12.5. The van der Waals surface area contributed by atoms with Crippen molar-refractivity contribution in [3.8, 4) is 22.9 Å². The molecule has 11 nitrogen and oxygen atoms in total. The minimum Gasteiger partial charge on any atom is -0.465 e. The van der Waals surface area contributed by atoms with Crippen molar-refractivity contribution in [1.29, 1.82) is 0 Å². The Morgan fingerprint density at radius 3 is 2.75 bits per heavy atom. The molecule has 1 saturated carbocycles. The van der Waals surface area contributed by atoms with Gasteiger partial charge < -0.3 is 25.4 Å². The van der Waals surface area contributed by atoms with Gasteiger partial charge in [-0.05, 0) is 56.4 Å². The molecule has 0 bridgehead atoms. The van der Waals surface area contributed by atoms with E-state index in [-0.39, 0.29) is 23.7 Å². The highest BCUT2D eigenvalue weighted by Gasteiger charge is 2.30. The number of carbonyl (C=O) groups is 2. The molecule has 204 valence electrons. The second-order valence-corrected chi connectivity index (χ2v) is 10.2. The number of carboxylic acid groups (broad SMARTS) is 1. The predicted octanol–water partition coefficient (Wildman–Crippen LogP) is 5.09. The van der Waals surface area contributed by atoms with Crippen LogP contribution < -0.4 is 15.4 Å². The average molecular weight is 540 g/mol. The zero-order valence-electron chi connectivity index (χ0n) is 22.0. The van der Waals surface area contributed by atoms with E-state index >= 15 is 0 Å². The van der Waals surface area contributed by atoms with Crippen LogP contribution in [0.15, 0.2) is 54.9 Å². The van der Waals surface area contributed by atoms with Gasteiger partial charge in [0.25, 0.3) is 0 Å². The lowest BCUT2D eigenvalue weighted by molar-refractivity contribution is -0.117. The number of nitrogens with one attached hydrogen (secondary N) is 2. The highest BCUT2D eigenvalue weighted by molar-refractivity contribution is 6.05. The Bertz CT molecular complexity index is 1590. The highest BCUT2D eigenvalue weighted by atomic mass is 16.5. The quantitative estimate of drug-likeness (QED) is 0.293. The van der Waals surface area contributed by atoms with E-state index < -0.39 is 6.09 Å². The van der Waals surface area contributed by atoms with Crippen LogP contribution >= 0.6 is 0 Å². The summed E-state index contributed by atoms with van der Waals surface area (Å²) < 4.78 is 6.42. The zero-order chi connectivity index (χ0) is 27.6. The summed E-state index contributed by atoms with van der Waals surface area (Å²) in [7, 11) is 0. The largest absolute Gasteiger partial charge is 0.465 e. The maximum Gasteiger partial charge on any atom is 0.407 e. The minimum atomic E-state index is -0.924. The summed E-state index contributed by atoms with van der Waals surface area (Å²) in [5.41, 5.74) is 2.86. The SMILES string of the molecule is Cc1ccc2c(NC(=O)C3CC3)cccc2c1Oc1nnccc1-c1ccnc(N[C@H]2CCCN(C(=O)O)C2)n1. The van der Waals surface area contributed by atoms with E-state index in [1.54, 1.807) is 24.5 Å². The van der Waals surface area contributed by atoms with Gasteiger partial charge in [0.1, 0.15) is 5.75 Å². The standard InChI is InChI=1S/C29H29N7O4/c1-17-7-10-20-21(5-2-6-23(20)33-26(37)18-8-9-18)25(17)40-27-22(11-14-31-35-27)24-12-13-30-28(34-24)32-19-4-3-15-36(16-19)29(38)39/h2,5-7,10-14,18-19H,3-4,8-9,15-16H2,1H3,(H,33,37)(H,38,39)(H,30,32,34)/t19-/m0/s1. The molecule has 3 N–H and O–H groups in total. The van der Waals surface area contributed by atoms with Gasteiger partial charge >= 0.3 is 6.09 Å². The fourth-order valence-corrected chi connectivity index (χ4v) is 4.98. The van der Waals surface area contributed by atoms with Gasteiger partial charge in [0.15, 0.2) is 0 Å². The number of likely N-dealkylation sites (tertiary alicyclic amines) is 1. The molecule has 2 amide bonds. The van der Waals surface area contributed by atoms with Gasteiger partial charge in [0.2, 0.25) is 17.7 Å². The molecule has 0 radical (unpaired) electrons. The first-order valence-electron chi connectivity index (χ1n) is 13.4. The topological polar surface area (TPSA) is 142 Å². The van der Waals surface area contributed by atoms with Gasteiger partial charge in [-0.25, -0.2) is 14.8 Å². The van der Waals surface area contributed by atoms with Crippen molar-refractivity contribution in [3.63, 3.8) is 0 Å². The van der Waals surface area contributed by atoms with Crippen LogP contribution in [0.3, 0.4) is 0 Å². The van der Waals surface area contributed by atoms with Crippen LogP contribution in [-0.2, 0) is 4.79 Å². The lowest BCUT2D eigenvalue weighted by Crippen LogP contribution is -2.44. The minimum absolute atomic E-state index is 0.0452. The summed E-state index contributed by atoms with van der Waals surface area (Å²) in [6.07, 6.45) is 5.75. The Labute approximate surface area is 230 Å². The fourth-order valence-electron chi connectivity index (χ4n) is 4.98. The van der Waals surface area contributed by atoms with Crippen molar-refractivity contribution in [2.45, 2.75) is 38.6 Å². The fraction of sp³-hybridized carbons (Fsp3) is 0.310. The van der Waals surface area contributed by atoms with E-state index in [0.29, 0.717) is 36.0 Å². The van der Waals surface area contributed by atoms with E-state index in [9.17, 15) is 14.7 Å².